The lowest BCUT2D eigenvalue weighted by Crippen LogP contribution is -2.27. The maximum Gasteiger partial charge on any atom is 0.273 e. The predicted octanol–water partition coefficient (Wildman–Crippen LogP) is 4.72. The lowest BCUT2D eigenvalue weighted by molar-refractivity contribution is 0.0136. The molecule has 0 spiro atoms. The Kier molecular flexibility index (Phi) is 4.40. The molecule has 29 heavy (non-hydrogen) atoms. The van der Waals surface area contributed by atoms with E-state index in [2.05, 4.69) is 15.3 Å². The minimum Gasteiger partial charge on any atom is -0.363 e. The Morgan fingerprint density at radius 2 is 2.00 bits per heavy atom. The van der Waals surface area contributed by atoms with Crippen molar-refractivity contribution in [2.45, 2.75) is 51.1 Å². The van der Waals surface area contributed by atoms with Crippen LogP contribution in [0.3, 0.4) is 0 Å². The van der Waals surface area contributed by atoms with Gasteiger partial charge in [0.05, 0.1) is 22.5 Å². The van der Waals surface area contributed by atoms with Crippen molar-refractivity contribution < 1.29 is 13.2 Å². The number of anilines is 1. The summed E-state index contributed by atoms with van der Waals surface area (Å²) in [6.07, 6.45) is 4.85. The van der Waals surface area contributed by atoms with Crippen LogP contribution in [0.1, 0.15) is 50.8 Å². The lowest BCUT2D eigenvalue weighted by atomic mass is 10.0. The number of fused-ring (bicyclic) bond motifs is 1. The van der Waals surface area contributed by atoms with Crippen LogP contribution in [0.4, 0.5) is 19.0 Å². The van der Waals surface area contributed by atoms with Gasteiger partial charge in [-0.05, 0) is 26.7 Å². The Balaban J connectivity index is 1.74. The summed E-state index contributed by atoms with van der Waals surface area (Å²) < 4.78 is 43.8. The molecule has 2 heterocycles. The van der Waals surface area contributed by atoms with Crippen LogP contribution in [-0.4, -0.2) is 14.5 Å². The van der Waals surface area contributed by atoms with Crippen molar-refractivity contribution in [3.05, 3.63) is 64.1 Å². The predicted molar refractivity (Wildman–Crippen MR) is 105 cm³/mol. The molecule has 4 rings (SSSR count). The minimum absolute atomic E-state index is 0.110. The summed E-state index contributed by atoms with van der Waals surface area (Å²) in [5.74, 6) is -3.81. The van der Waals surface area contributed by atoms with Gasteiger partial charge in [0.15, 0.2) is 0 Å². The Morgan fingerprint density at radius 3 is 2.66 bits per heavy atom. The molecule has 0 saturated heterocycles. The molecule has 0 amide bonds. The van der Waals surface area contributed by atoms with E-state index in [1.165, 1.54) is 24.5 Å². The molecular formula is C21H21F3N4O. The first kappa shape index (κ1) is 19.4. The second kappa shape index (κ2) is 6.57. The van der Waals surface area contributed by atoms with Crippen LogP contribution in [0.2, 0.25) is 0 Å². The van der Waals surface area contributed by atoms with Gasteiger partial charge in [0.25, 0.3) is 11.5 Å². The zero-order valence-corrected chi connectivity index (χ0v) is 16.3. The number of hydrogen-bond acceptors (Lipinski definition) is 4. The summed E-state index contributed by atoms with van der Waals surface area (Å²) >= 11 is 0. The van der Waals surface area contributed by atoms with Gasteiger partial charge in [0.1, 0.15) is 18.0 Å². The van der Waals surface area contributed by atoms with Crippen LogP contribution in [0, 0.1) is 5.82 Å². The fourth-order valence-electron chi connectivity index (χ4n) is 3.50. The highest BCUT2D eigenvalue weighted by Crippen LogP contribution is 2.42. The second-order valence-corrected chi connectivity index (χ2v) is 7.96. The quantitative estimate of drug-likeness (QED) is 0.671. The van der Waals surface area contributed by atoms with Crippen molar-refractivity contribution in [2.75, 3.05) is 5.32 Å². The smallest absolute Gasteiger partial charge is 0.273 e. The van der Waals surface area contributed by atoms with E-state index in [9.17, 15) is 18.0 Å². The first-order valence-corrected chi connectivity index (χ1v) is 9.41. The van der Waals surface area contributed by atoms with Crippen molar-refractivity contribution in [3.63, 3.8) is 0 Å². The van der Waals surface area contributed by atoms with Crippen LogP contribution in [-0.2, 0) is 11.5 Å². The Bertz CT molecular complexity index is 1150. The van der Waals surface area contributed by atoms with Gasteiger partial charge in [-0.2, -0.15) is 0 Å². The first-order chi connectivity index (χ1) is 13.6. The molecule has 0 unspecified atom stereocenters. The maximum absolute atomic E-state index is 14.7. The van der Waals surface area contributed by atoms with Crippen LogP contribution in [0.15, 0.2) is 41.6 Å². The molecule has 1 atom stereocenters. The molecule has 152 valence electrons. The minimum atomic E-state index is -3.28. The van der Waals surface area contributed by atoms with Gasteiger partial charge < -0.3 is 9.88 Å². The highest BCUT2D eigenvalue weighted by Gasteiger charge is 2.40. The normalized spacial score (nSPS) is 16.6. The van der Waals surface area contributed by atoms with Gasteiger partial charge in [0, 0.05) is 30.3 Å². The van der Waals surface area contributed by atoms with E-state index < -0.39 is 23.3 Å². The second-order valence-electron chi connectivity index (χ2n) is 7.96. The molecule has 1 aliphatic rings. The number of halogens is 3. The standard InChI is InChI=1S/C21H21F3N4O/c1-12(13-5-4-6-15(18(13)22)21(3,23)24)27-19-14-10-28(20(2)7-8-20)17(29)9-16(14)25-11-26-19/h4-6,9-12H,7-8H2,1-3H3,(H,25,26,27)/t12-/m1/s1. The third-order valence-electron chi connectivity index (χ3n) is 5.55. The highest BCUT2D eigenvalue weighted by atomic mass is 19.3. The number of alkyl halides is 2. The molecule has 8 heteroatoms. The third kappa shape index (κ3) is 3.47. The summed E-state index contributed by atoms with van der Waals surface area (Å²) in [5, 5.41) is 3.70. The summed E-state index contributed by atoms with van der Waals surface area (Å²) in [6, 6.07) is 4.78. The van der Waals surface area contributed by atoms with Crippen molar-refractivity contribution in [1.29, 1.82) is 0 Å². The zero-order valence-electron chi connectivity index (χ0n) is 16.3. The van der Waals surface area contributed by atoms with Crippen LogP contribution < -0.4 is 10.9 Å². The van der Waals surface area contributed by atoms with Gasteiger partial charge in [-0.3, -0.25) is 4.79 Å². The van der Waals surface area contributed by atoms with Crippen molar-refractivity contribution in [1.82, 2.24) is 14.5 Å². The topological polar surface area (TPSA) is 59.8 Å². The van der Waals surface area contributed by atoms with E-state index in [-0.39, 0.29) is 16.7 Å². The van der Waals surface area contributed by atoms with E-state index in [1.54, 1.807) is 17.7 Å². The molecule has 3 aromatic rings. The average molecular weight is 402 g/mol. The van der Waals surface area contributed by atoms with Gasteiger partial charge in [-0.1, -0.05) is 18.2 Å². The highest BCUT2D eigenvalue weighted by molar-refractivity contribution is 5.88. The largest absolute Gasteiger partial charge is 0.363 e. The molecule has 0 bridgehead atoms. The Morgan fingerprint density at radius 1 is 1.28 bits per heavy atom. The monoisotopic (exact) mass is 402 g/mol. The zero-order chi connectivity index (χ0) is 21.0. The molecular weight excluding hydrogens is 381 g/mol. The maximum atomic E-state index is 14.7. The molecule has 0 radical (unpaired) electrons. The molecule has 1 aliphatic carbocycles. The molecule has 2 aromatic heterocycles. The van der Waals surface area contributed by atoms with Crippen LogP contribution in [0.5, 0.6) is 0 Å². The number of pyridine rings is 1. The fraction of sp³-hybridized carbons (Fsp3) is 0.381. The lowest BCUT2D eigenvalue weighted by Gasteiger charge is -2.20. The molecule has 1 fully saturated rings. The Labute approximate surface area is 165 Å². The molecule has 1 saturated carbocycles. The third-order valence-corrected chi connectivity index (χ3v) is 5.55. The number of rotatable bonds is 5. The number of aromatic nitrogens is 3. The van der Waals surface area contributed by atoms with Gasteiger partial charge in [0.2, 0.25) is 0 Å². The van der Waals surface area contributed by atoms with Gasteiger partial charge in [-0.15, -0.1) is 0 Å². The fourth-order valence-corrected chi connectivity index (χ4v) is 3.50. The molecule has 1 aromatic carbocycles. The van der Waals surface area contributed by atoms with Gasteiger partial charge in [-0.25, -0.2) is 23.1 Å². The van der Waals surface area contributed by atoms with E-state index in [4.69, 9.17) is 0 Å². The average Bonchev–Trinajstić information content (AvgIpc) is 3.38. The van der Waals surface area contributed by atoms with Crippen molar-refractivity contribution in [2.24, 2.45) is 0 Å². The molecule has 1 N–H and O–H groups in total. The Hall–Kier alpha value is -2.90. The number of hydrogen-bond donors (Lipinski definition) is 1. The number of benzene rings is 1. The number of nitrogens with one attached hydrogen (secondary N) is 1. The van der Waals surface area contributed by atoms with E-state index in [0.717, 1.165) is 18.9 Å². The molecule has 5 nitrogen and oxygen atoms in total. The SMILES string of the molecule is C[C@@H](Nc1ncnc2cc(=O)n(C3(C)CC3)cc12)c1cccc(C(C)(F)F)c1F. The first-order valence-electron chi connectivity index (χ1n) is 9.41. The van der Waals surface area contributed by atoms with E-state index >= 15 is 0 Å². The number of nitrogens with zero attached hydrogens (tertiary/aromatic N) is 3. The van der Waals surface area contributed by atoms with Crippen LogP contribution in [0.25, 0.3) is 10.9 Å². The van der Waals surface area contributed by atoms with Crippen molar-refractivity contribution in [3.8, 4) is 0 Å². The summed E-state index contributed by atoms with van der Waals surface area (Å²) in [4.78, 5) is 20.8. The van der Waals surface area contributed by atoms with Crippen LogP contribution >= 0.6 is 0 Å². The molecule has 0 aliphatic heterocycles. The van der Waals surface area contributed by atoms with Gasteiger partial charge >= 0.3 is 0 Å². The van der Waals surface area contributed by atoms with E-state index in [1.807, 2.05) is 6.92 Å². The summed E-state index contributed by atoms with van der Waals surface area (Å²) in [7, 11) is 0. The summed E-state index contributed by atoms with van der Waals surface area (Å²) in [5.41, 5.74) is -0.421. The van der Waals surface area contributed by atoms with E-state index in [0.29, 0.717) is 23.6 Å². The summed E-state index contributed by atoms with van der Waals surface area (Å²) in [6.45, 7) is 4.34. The van der Waals surface area contributed by atoms with Crippen molar-refractivity contribution >= 4 is 16.7 Å².